The van der Waals surface area contributed by atoms with Crippen LogP contribution in [0, 0.1) is 5.82 Å². The number of thiophene rings is 1. The van der Waals surface area contributed by atoms with Crippen molar-refractivity contribution in [1.82, 2.24) is 0 Å². The van der Waals surface area contributed by atoms with Crippen LogP contribution in [-0.4, -0.2) is 34.7 Å². The number of benzene rings is 1. The van der Waals surface area contributed by atoms with Gasteiger partial charge < -0.3 is 9.64 Å². The molecule has 124 valence electrons. The van der Waals surface area contributed by atoms with E-state index in [1.807, 2.05) is 4.90 Å². The molecule has 0 radical (unpaired) electrons. The largest absolute Gasteiger partial charge is 0.378 e. The molecule has 5 nitrogen and oxygen atoms in total. The summed E-state index contributed by atoms with van der Waals surface area (Å²) in [4.78, 5) is 1.96. The zero-order chi connectivity index (χ0) is 16.4. The molecule has 0 unspecified atom stereocenters. The highest BCUT2D eigenvalue weighted by molar-refractivity contribution is 7.94. The van der Waals surface area contributed by atoms with Gasteiger partial charge in [-0.3, -0.25) is 4.72 Å². The van der Waals surface area contributed by atoms with E-state index in [9.17, 15) is 12.8 Å². The summed E-state index contributed by atoms with van der Waals surface area (Å²) in [6, 6.07) is 6.99. The minimum absolute atomic E-state index is 0.0830. The van der Waals surface area contributed by atoms with Crippen molar-refractivity contribution in [1.29, 1.82) is 0 Å². The van der Waals surface area contributed by atoms with Crippen molar-refractivity contribution in [3.05, 3.63) is 40.5 Å². The van der Waals surface area contributed by atoms with Gasteiger partial charge in [-0.2, -0.15) is 0 Å². The first-order valence-electron chi connectivity index (χ1n) is 6.86. The Morgan fingerprint density at radius 2 is 1.96 bits per heavy atom. The number of nitrogens with zero attached hydrogens (tertiary/aromatic N) is 1. The lowest BCUT2D eigenvalue weighted by Gasteiger charge is -2.30. The predicted octanol–water partition coefficient (Wildman–Crippen LogP) is 3.18. The van der Waals surface area contributed by atoms with Gasteiger partial charge in [-0.05, 0) is 24.3 Å². The predicted molar refractivity (Wildman–Crippen MR) is 89.6 cm³/mol. The third-order valence-electron chi connectivity index (χ3n) is 3.37. The van der Waals surface area contributed by atoms with Gasteiger partial charge in [0, 0.05) is 19.2 Å². The van der Waals surface area contributed by atoms with Crippen molar-refractivity contribution in [2.75, 3.05) is 35.9 Å². The fourth-order valence-corrected chi connectivity index (χ4v) is 4.86. The van der Waals surface area contributed by atoms with E-state index in [-0.39, 0.29) is 9.90 Å². The molecule has 0 spiro atoms. The number of rotatable bonds is 4. The molecule has 2 aromatic rings. The smallest absolute Gasteiger partial charge is 0.271 e. The van der Waals surface area contributed by atoms with Crippen LogP contribution < -0.4 is 9.62 Å². The average Bonchev–Trinajstić information content (AvgIpc) is 2.95. The lowest BCUT2D eigenvalue weighted by atomic mass is 10.2. The number of anilines is 2. The van der Waals surface area contributed by atoms with Gasteiger partial charge in [-0.15, -0.1) is 11.3 Å². The van der Waals surface area contributed by atoms with Crippen LogP contribution in [-0.2, 0) is 14.8 Å². The summed E-state index contributed by atoms with van der Waals surface area (Å²) >= 11 is 6.74. The molecule has 1 aromatic heterocycles. The van der Waals surface area contributed by atoms with E-state index in [0.29, 0.717) is 36.3 Å². The maximum Gasteiger partial charge on any atom is 0.271 e. The van der Waals surface area contributed by atoms with E-state index < -0.39 is 15.8 Å². The lowest BCUT2D eigenvalue weighted by Crippen LogP contribution is -2.36. The molecule has 0 amide bonds. The van der Waals surface area contributed by atoms with E-state index >= 15 is 0 Å². The summed E-state index contributed by atoms with van der Waals surface area (Å²) < 4.78 is 46.7. The van der Waals surface area contributed by atoms with Crippen molar-refractivity contribution >= 4 is 44.3 Å². The van der Waals surface area contributed by atoms with E-state index in [4.69, 9.17) is 16.3 Å². The maximum absolute atomic E-state index is 13.6. The lowest BCUT2D eigenvalue weighted by molar-refractivity contribution is 0.123. The van der Waals surface area contributed by atoms with Crippen LogP contribution in [0.5, 0.6) is 0 Å². The fraction of sp³-hybridized carbons (Fsp3) is 0.286. The van der Waals surface area contributed by atoms with Crippen LogP contribution in [0.1, 0.15) is 0 Å². The van der Waals surface area contributed by atoms with Crippen molar-refractivity contribution in [3.8, 4) is 0 Å². The van der Waals surface area contributed by atoms with E-state index in [2.05, 4.69) is 4.72 Å². The van der Waals surface area contributed by atoms with Gasteiger partial charge in [0.2, 0.25) is 0 Å². The van der Waals surface area contributed by atoms with Crippen molar-refractivity contribution in [2.24, 2.45) is 0 Å². The molecule has 1 aromatic carbocycles. The minimum Gasteiger partial charge on any atom is -0.378 e. The Hall–Kier alpha value is -1.35. The number of ether oxygens (including phenoxy) is 1. The van der Waals surface area contributed by atoms with Crippen LogP contribution in [0.15, 0.2) is 34.5 Å². The SMILES string of the molecule is O=S(=O)(Nc1cc(F)ccc1N1CCOCC1)c1ccc(Cl)s1. The third-order valence-corrected chi connectivity index (χ3v) is 6.46. The van der Waals surface area contributed by atoms with Gasteiger partial charge in [0.25, 0.3) is 10.0 Å². The molecule has 0 saturated carbocycles. The molecular weight excluding hydrogens is 363 g/mol. The quantitative estimate of drug-likeness (QED) is 0.890. The van der Waals surface area contributed by atoms with Crippen LogP contribution in [0.4, 0.5) is 15.8 Å². The number of morpholine rings is 1. The summed E-state index contributed by atoms with van der Waals surface area (Å²) in [6.45, 7) is 2.32. The summed E-state index contributed by atoms with van der Waals surface area (Å²) in [7, 11) is -3.81. The zero-order valence-electron chi connectivity index (χ0n) is 12.0. The van der Waals surface area contributed by atoms with Crippen LogP contribution >= 0.6 is 22.9 Å². The molecule has 1 saturated heterocycles. The second-order valence-electron chi connectivity index (χ2n) is 4.92. The second kappa shape index (κ2) is 6.64. The molecular formula is C14H14ClFN2O3S2. The molecule has 2 heterocycles. The Balaban J connectivity index is 1.93. The summed E-state index contributed by atoms with van der Waals surface area (Å²) in [5, 5.41) is 0. The standard InChI is InChI=1S/C14H14ClFN2O3S2/c15-13-3-4-14(22-13)23(19,20)17-11-9-10(16)1-2-12(11)18-5-7-21-8-6-18/h1-4,9,17H,5-8H2. The first kappa shape index (κ1) is 16.5. The molecule has 1 fully saturated rings. The Kier molecular flexibility index (Phi) is 4.77. The van der Waals surface area contributed by atoms with Gasteiger partial charge in [0.1, 0.15) is 10.0 Å². The third kappa shape index (κ3) is 3.77. The Morgan fingerprint density at radius 3 is 2.61 bits per heavy atom. The summed E-state index contributed by atoms with van der Waals surface area (Å²) in [6.07, 6.45) is 0. The summed E-state index contributed by atoms with van der Waals surface area (Å²) in [5.74, 6) is -0.510. The van der Waals surface area contributed by atoms with Crippen LogP contribution in [0.3, 0.4) is 0 Å². The number of sulfonamides is 1. The van der Waals surface area contributed by atoms with Crippen LogP contribution in [0.25, 0.3) is 0 Å². The Bertz CT molecular complexity index is 804. The number of hydrogen-bond acceptors (Lipinski definition) is 5. The normalized spacial score (nSPS) is 15.7. The Morgan fingerprint density at radius 1 is 1.22 bits per heavy atom. The van der Waals surface area contributed by atoms with Crippen LogP contribution in [0.2, 0.25) is 4.34 Å². The molecule has 1 aliphatic rings. The van der Waals surface area contributed by atoms with E-state index in [1.165, 1.54) is 24.3 Å². The number of nitrogens with one attached hydrogen (secondary N) is 1. The second-order valence-corrected chi connectivity index (χ2v) is 8.55. The van der Waals surface area contributed by atoms with Gasteiger partial charge in [0.15, 0.2) is 0 Å². The highest BCUT2D eigenvalue weighted by Gasteiger charge is 2.21. The average molecular weight is 377 g/mol. The molecule has 3 rings (SSSR count). The maximum atomic E-state index is 13.6. The van der Waals surface area contributed by atoms with Gasteiger partial charge in [0.05, 0.1) is 28.9 Å². The van der Waals surface area contributed by atoms with E-state index in [0.717, 1.165) is 11.3 Å². The molecule has 0 atom stereocenters. The first-order chi connectivity index (χ1) is 11.0. The van der Waals surface area contributed by atoms with Crippen molar-refractivity contribution in [3.63, 3.8) is 0 Å². The molecule has 1 N–H and O–H groups in total. The highest BCUT2D eigenvalue weighted by atomic mass is 35.5. The first-order valence-corrected chi connectivity index (χ1v) is 9.54. The molecule has 23 heavy (non-hydrogen) atoms. The van der Waals surface area contributed by atoms with Gasteiger partial charge in [-0.1, -0.05) is 11.6 Å². The molecule has 1 aliphatic heterocycles. The number of halogens is 2. The molecule has 0 aliphatic carbocycles. The summed E-state index contributed by atoms with van der Waals surface area (Å²) in [5.41, 5.74) is 0.831. The van der Waals surface area contributed by atoms with E-state index in [1.54, 1.807) is 6.07 Å². The van der Waals surface area contributed by atoms with Crippen molar-refractivity contribution < 1.29 is 17.5 Å². The van der Waals surface area contributed by atoms with Gasteiger partial charge in [-0.25, -0.2) is 12.8 Å². The minimum atomic E-state index is -3.81. The van der Waals surface area contributed by atoms with Crippen molar-refractivity contribution in [2.45, 2.75) is 4.21 Å². The number of hydrogen-bond donors (Lipinski definition) is 1. The fourth-order valence-electron chi connectivity index (χ4n) is 2.31. The molecule has 9 heteroatoms. The monoisotopic (exact) mass is 376 g/mol. The Labute approximate surface area is 142 Å². The topological polar surface area (TPSA) is 58.6 Å². The molecule has 0 bridgehead atoms. The van der Waals surface area contributed by atoms with Gasteiger partial charge >= 0.3 is 0 Å². The zero-order valence-corrected chi connectivity index (χ0v) is 14.3. The highest BCUT2D eigenvalue weighted by Crippen LogP contribution is 2.32.